The highest BCUT2D eigenvalue weighted by Gasteiger charge is 2.32. The van der Waals surface area contributed by atoms with Crippen LogP contribution in [0.5, 0.6) is 0 Å². The van der Waals surface area contributed by atoms with E-state index in [4.69, 9.17) is 4.74 Å². The van der Waals surface area contributed by atoms with Crippen LogP contribution in [0.4, 0.5) is 0 Å². The van der Waals surface area contributed by atoms with E-state index in [1.807, 2.05) is 0 Å². The molecule has 1 saturated heterocycles. The van der Waals surface area contributed by atoms with Gasteiger partial charge in [0.15, 0.2) is 0 Å². The van der Waals surface area contributed by atoms with Gasteiger partial charge in [-0.05, 0) is 25.2 Å². The molecule has 0 aliphatic carbocycles. The first-order chi connectivity index (χ1) is 8.63. The number of carbonyl (C=O) groups is 1. The quantitative estimate of drug-likeness (QED) is 0.636. The zero-order valence-corrected chi connectivity index (χ0v) is 12.1. The van der Waals surface area contributed by atoms with E-state index in [2.05, 4.69) is 24.1 Å². The Kier molecular flexibility index (Phi) is 7.28. The minimum absolute atomic E-state index is 0.225. The van der Waals surface area contributed by atoms with Gasteiger partial charge < -0.3 is 15.0 Å². The number of rotatable bonds is 9. The Morgan fingerprint density at radius 3 is 2.67 bits per heavy atom. The summed E-state index contributed by atoms with van der Waals surface area (Å²) in [4.78, 5) is 14.1. The van der Waals surface area contributed by atoms with Crippen molar-refractivity contribution in [3.63, 3.8) is 0 Å². The van der Waals surface area contributed by atoms with E-state index in [1.54, 1.807) is 7.11 Å². The van der Waals surface area contributed by atoms with Gasteiger partial charge in [0.2, 0.25) is 5.91 Å². The number of nitrogens with zero attached hydrogens (tertiary/aromatic N) is 1. The summed E-state index contributed by atoms with van der Waals surface area (Å²) >= 11 is 0. The van der Waals surface area contributed by atoms with Crippen LogP contribution in [-0.4, -0.2) is 50.7 Å². The molecule has 0 aromatic rings. The molecule has 1 N–H and O–H groups in total. The smallest absolute Gasteiger partial charge is 0.225 e. The summed E-state index contributed by atoms with van der Waals surface area (Å²) in [5.74, 6) is 1.15. The fourth-order valence-electron chi connectivity index (χ4n) is 2.31. The molecule has 0 aromatic carbocycles. The first-order valence-corrected chi connectivity index (χ1v) is 7.12. The lowest BCUT2D eigenvalue weighted by molar-refractivity contribution is -0.130. The van der Waals surface area contributed by atoms with Crippen LogP contribution in [0, 0.1) is 11.8 Å². The molecule has 0 saturated carbocycles. The minimum Gasteiger partial charge on any atom is -0.385 e. The lowest BCUT2D eigenvalue weighted by atomic mass is 9.97. The molecule has 1 rings (SSSR count). The van der Waals surface area contributed by atoms with Crippen molar-refractivity contribution in [2.45, 2.75) is 33.1 Å². The summed E-state index contributed by atoms with van der Waals surface area (Å²) in [5, 5.41) is 3.03. The van der Waals surface area contributed by atoms with E-state index in [0.717, 1.165) is 52.0 Å². The van der Waals surface area contributed by atoms with Gasteiger partial charge in [-0.1, -0.05) is 13.8 Å². The van der Waals surface area contributed by atoms with Crippen molar-refractivity contribution in [3.8, 4) is 0 Å². The van der Waals surface area contributed by atoms with Crippen molar-refractivity contribution >= 4 is 5.91 Å². The third kappa shape index (κ3) is 5.83. The van der Waals surface area contributed by atoms with E-state index in [0.29, 0.717) is 5.92 Å². The summed E-state index contributed by atoms with van der Waals surface area (Å²) in [6.07, 6.45) is 3.26. The molecule has 4 nitrogen and oxygen atoms in total. The molecular formula is C14H28N2O2. The average molecular weight is 256 g/mol. The summed E-state index contributed by atoms with van der Waals surface area (Å²) in [6, 6.07) is 0. The van der Waals surface area contributed by atoms with Gasteiger partial charge in [0, 0.05) is 39.9 Å². The SMILES string of the molecule is COCCCCCNC(=O)C1CN(CC(C)C)C1. The fourth-order valence-corrected chi connectivity index (χ4v) is 2.31. The van der Waals surface area contributed by atoms with Crippen LogP contribution in [0.2, 0.25) is 0 Å². The van der Waals surface area contributed by atoms with Crippen LogP contribution >= 0.6 is 0 Å². The van der Waals surface area contributed by atoms with Crippen molar-refractivity contribution in [2.75, 3.05) is 39.9 Å². The number of hydrogen-bond donors (Lipinski definition) is 1. The molecule has 18 heavy (non-hydrogen) atoms. The van der Waals surface area contributed by atoms with Gasteiger partial charge in [0.1, 0.15) is 0 Å². The third-order valence-electron chi connectivity index (χ3n) is 3.28. The number of likely N-dealkylation sites (tertiary alicyclic amines) is 1. The van der Waals surface area contributed by atoms with Gasteiger partial charge in [-0.2, -0.15) is 0 Å². The number of hydrogen-bond acceptors (Lipinski definition) is 3. The van der Waals surface area contributed by atoms with E-state index < -0.39 is 0 Å². The Morgan fingerprint density at radius 1 is 1.33 bits per heavy atom. The summed E-state index contributed by atoms with van der Waals surface area (Å²) in [7, 11) is 1.72. The Balaban J connectivity index is 1.96. The molecule has 1 aliphatic rings. The molecule has 1 amide bonds. The Hall–Kier alpha value is -0.610. The van der Waals surface area contributed by atoms with E-state index in [1.165, 1.54) is 0 Å². The predicted octanol–water partition coefficient (Wildman–Crippen LogP) is 1.51. The van der Waals surface area contributed by atoms with Crippen LogP contribution in [0.15, 0.2) is 0 Å². The van der Waals surface area contributed by atoms with Gasteiger partial charge in [0.05, 0.1) is 5.92 Å². The Labute approximate surface area is 111 Å². The predicted molar refractivity (Wildman–Crippen MR) is 73.5 cm³/mol. The van der Waals surface area contributed by atoms with Crippen molar-refractivity contribution in [1.29, 1.82) is 0 Å². The molecular weight excluding hydrogens is 228 g/mol. The summed E-state index contributed by atoms with van der Waals surface area (Å²) in [5.41, 5.74) is 0. The molecule has 0 aromatic heterocycles. The normalized spacial score (nSPS) is 16.9. The Bertz CT molecular complexity index is 238. The van der Waals surface area contributed by atoms with Gasteiger partial charge >= 0.3 is 0 Å². The van der Waals surface area contributed by atoms with Gasteiger partial charge in [-0.3, -0.25) is 4.79 Å². The van der Waals surface area contributed by atoms with Crippen LogP contribution in [-0.2, 0) is 9.53 Å². The average Bonchev–Trinajstić information content (AvgIpc) is 2.27. The van der Waals surface area contributed by atoms with Crippen molar-refractivity contribution in [2.24, 2.45) is 11.8 Å². The van der Waals surface area contributed by atoms with E-state index in [-0.39, 0.29) is 11.8 Å². The molecule has 0 spiro atoms. The van der Waals surface area contributed by atoms with Gasteiger partial charge in [-0.25, -0.2) is 0 Å². The highest BCUT2D eigenvalue weighted by Crippen LogP contribution is 2.16. The van der Waals surface area contributed by atoms with Crippen molar-refractivity contribution in [1.82, 2.24) is 10.2 Å². The highest BCUT2D eigenvalue weighted by atomic mass is 16.5. The molecule has 4 heteroatoms. The lowest BCUT2D eigenvalue weighted by Gasteiger charge is -2.39. The second-order valence-corrected chi connectivity index (χ2v) is 5.65. The zero-order valence-electron chi connectivity index (χ0n) is 12.1. The first kappa shape index (κ1) is 15.4. The zero-order chi connectivity index (χ0) is 13.4. The molecule has 0 radical (unpaired) electrons. The van der Waals surface area contributed by atoms with E-state index in [9.17, 15) is 4.79 Å². The fraction of sp³-hybridized carbons (Fsp3) is 0.929. The number of nitrogens with one attached hydrogen (secondary N) is 1. The number of carbonyl (C=O) groups excluding carboxylic acids is 1. The topological polar surface area (TPSA) is 41.6 Å². The monoisotopic (exact) mass is 256 g/mol. The minimum atomic E-state index is 0.225. The highest BCUT2D eigenvalue weighted by molar-refractivity contribution is 5.79. The molecule has 0 bridgehead atoms. The van der Waals surface area contributed by atoms with E-state index >= 15 is 0 Å². The molecule has 1 heterocycles. The number of methoxy groups -OCH3 is 1. The Morgan fingerprint density at radius 2 is 2.06 bits per heavy atom. The van der Waals surface area contributed by atoms with Gasteiger partial charge in [0.25, 0.3) is 0 Å². The maximum absolute atomic E-state index is 11.8. The second-order valence-electron chi connectivity index (χ2n) is 5.65. The standard InChI is InChI=1S/C14H28N2O2/c1-12(2)9-16-10-13(11-16)14(17)15-7-5-4-6-8-18-3/h12-13H,4-11H2,1-3H3,(H,15,17). The van der Waals surface area contributed by atoms with Crippen LogP contribution in [0.3, 0.4) is 0 Å². The third-order valence-corrected chi connectivity index (χ3v) is 3.28. The maximum Gasteiger partial charge on any atom is 0.225 e. The number of unbranched alkanes of at least 4 members (excludes halogenated alkanes) is 2. The molecule has 106 valence electrons. The maximum atomic E-state index is 11.8. The number of amides is 1. The second kappa shape index (κ2) is 8.48. The first-order valence-electron chi connectivity index (χ1n) is 7.12. The van der Waals surface area contributed by atoms with Crippen LogP contribution in [0.25, 0.3) is 0 Å². The molecule has 0 unspecified atom stereocenters. The van der Waals surface area contributed by atoms with Crippen LogP contribution in [0.1, 0.15) is 33.1 Å². The van der Waals surface area contributed by atoms with Crippen molar-refractivity contribution < 1.29 is 9.53 Å². The molecule has 1 aliphatic heterocycles. The van der Waals surface area contributed by atoms with Crippen LogP contribution < -0.4 is 5.32 Å². The van der Waals surface area contributed by atoms with Crippen molar-refractivity contribution in [3.05, 3.63) is 0 Å². The summed E-state index contributed by atoms with van der Waals surface area (Å²) < 4.78 is 4.98. The summed E-state index contributed by atoms with van der Waals surface area (Å²) in [6.45, 7) is 9.05. The molecule has 0 atom stereocenters. The molecule has 1 fully saturated rings. The largest absolute Gasteiger partial charge is 0.385 e. The van der Waals surface area contributed by atoms with Gasteiger partial charge in [-0.15, -0.1) is 0 Å². The lowest BCUT2D eigenvalue weighted by Crippen LogP contribution is -2.54. The number of ether oxygens (including phenoxy) is 1.